The third-order valence-electron chi connectivity index (χ3n) is 19.6. The highest BCUT2D eigenvalue weighted by Gasteiger charge is 2.35. The number of aliphatic hydroxyl groups excluding tert-OH is 1. The van der Waals surface area contributed by atoms with Gasteiger partial charge in [0.05, 0.1) is 77.0 Å². The third-order valence-corrected chi connectivity index (χ3v) is 21.7. The number of aromatic nitrogens is 2. The average molecular weight is 1520 g/mol. The van der Waals surface area contributed by atoms with Gasteiger partial charge < -0.3 is 43.0 Å². The first-order valence-electron chi connectivity index (χ1n) is 38.9. The van der Waals surface area contributed by atoms with Crippen molar-refractivity contribution in [2.24, 2.45) is 33.9 Å². The number of hydrazone groups is 2. The highest BCUT2D eigenvalue weighted by Crippen LogP contribution is 2.40. The summed E-state index contributed by atoms with van der Waals surface area (Å²) in [5.41, 5.74) is 5.28. The SMILES string of the molecule is C=CC(=O)OCCCCCCOc1ccc(OC(=O)C2CCC(C(=O)Oc3ccc(-c4cc(C)c(OC(O)C5CCC(C(=O)Oc6ccc(OCCCCCCOC(=O)C=C)cc6)CC5)c(/C=N/N(CCCCCC)c5nc6ccccc6s5)c4)cc3/C=N/N(CCCCCC)c3nc4ccccc4s3)CC2)cc1. The number of ether oxygens (including phenoxy) is 8. The van der Waals surface area contributed by atoms with Crippen LogP contribution in [0.15, 0.2) is 163 Å². The number of fused-ring (bicyclic) bond motifs is 2. The quantitative estimate of drug-likeness (QED) is 0.00710. The van der Waals surface area contributed by atoms with Gasteiger partial charge in [0, 0.05) is 42.3 Å². The molecule has 0 saturated heterocycles. The minimum absolute atomic E-state index is 0.284. The summed E-state index contributed by atoms with van der Waals surface area (Å²) in [5, 5.41) is 27.9. The lowest BCUT2D eigenvalue weighted by Gasteiger charge is -2.31. The van der Waals surface area contributed by atoms with Crippen LogP contribution in [-0.4, -0.2) is 103 Å². The summed E-state index contributed by atoms with van der Waals surface area (Å²) in [5.74, 6) is -0.416. The van der Waals surface area contributed by atoms with Crippen molar-refractivity contribution in [3.05, 3.63) is 169 Å². The number of thiazole rings is 2. The van der Waals surface area contributed by atoms with Gasteiger partial charge in [-0.2, -0.15) is 10.2 Å². The Labute approximate surface area is 648 Å². The molecule has 1 N–H and O–H groups in total. The van der Waals surface area contributed by atoms with Crippen molar-refractivity contribution in [2.45, 2.75) is 181 Å². The van der Waals surface area contributed by atoms with E-state index >= 15 is 0 Å². The predicted octanol–water partition coefficient (Wildman–Crippen LogP) is 19.5. The highest BCUT2D eigenvalue weighted by molar-refractivity contribution is 7.22. The molecule has 20 nitrogen and oxygen atoms in total. The van der Waals surface area contributed by atoms with E-state index in [2.05, 4.69) is 39.1 Å². The lowest BCUT2D eigenvalue weighted by molar-refractivity contribution is -0.145. The van der Waals surface area contributed by atoms with Crippen molar-refractivity contribution in [1.29, 1.82) is 0 Å². The summed E-state index contributed by atoms with van der Waals surface area (Å²) < 4.78 is 48.9. The normalized spacial score (nSPS) is 16.0. The van der Waals surface area contributed by atoms with Crippen LogP contribution < -0.4 is 38.4 Å². The number of unbranched alkanes of at least 4 members (excludes halogenated alkanes) is 12. The number of hydrogen-bond donors (Lipinski definition) is 1. The van der Waals surface area contributed by atoms with Crippen LogP contribution in [-0.2, 0) is 33.4 Å². The second-order valence-electron chi connectivity index (χ2n) is 27.9. The Morgan fingerprint density at radius 2 is 0.917 bits per heavy atom. The van der Waals surface area contributed by atoms with Gasteiger partial charge in [0.2, 0.25) is 10.3 Å². The number of para-hydroxylation sites is 2. The second-order valence-corrected chi connectivity index (χ2v) is 29.9. The molecule has 1 unspecified atom stereocenters. The molecule has 1 atom stereocenters. The van der Waals surface area contributed by atoms with Gasteiger partial charge in [-0.3, -0.25) is 14.4 Å². The van der Waals surface area contributed by atoms with E-state index in [1.54, 1.807) is 83.6 Å². The number of aliphatic hydroxyl groups is 1. The van der Waals surface area contributed by atoms with E-state index in [1.807, 2.05) is 83.7 Å². The van der Waals surface area contributed by atoms with Crippen molar-refractivity contribution in [3.8, 4) is 45.6 Å². The van der Waals surface area contributed by atoms with Crippen LogP contribution in [0.3, 0.4) is 0 Å². The molecule has 109 heavy (non-hydrogen) atoms. The highest BCUT2D eigenvalue weighted by atomic mass is 32.1. The van der Waals surface area contributed by atoms with E-state index in [0.717, 1.165) is 162 Å². The van der Waals surface area contributed by atoms with E-state index in [0.29, 0.717) is 137 Å². The zero-order valence-corrected chi connectivity index (χ0v) is 64.8. The summed E-state index contributed by atoms with van der Waals surface area (Å²) in [6.45, 7) is 16.2. The van der Waals surface area contributed by atoms with Crippen LogP contribution in [0.4, 0.5) is 10.3 Å². The van der Waals surface area contributed by atoms with Crippen molar-refractivity contribution < 1.29 is 67.0 Å². The molecule has 0 radical (unpaired) electrons. The number of esters is 5. The molecule has 6 aromatic carbocycles. The molecule has 0 aliphatic heterocycles. The van der Waals surface area contributed by atoms with E-state index in [1.165, 1.54) is 0 Å². The molecular formula is C87H104N6O14S2. The maximum absolute atomic E-state index is 14.5. The minimum Gasteiger partial charge on any atom is -0.494 e. The monoisotopic (exact) mass is 1520 g/mol. The molecule has 0 spiro atoms. The topological polar surface area (TPSA) is 236 Å². The molecule has 2 aliphatic rings. The maximum Gasteiger partial charge on any atom is 0.330 e. The van der Waals surface area contributed by atoms with Gasteiger partial charge in [0.1, 0.15) is 34.5 Å². The fraction of sp³-hybridized carbons (Fsp3) is 0.437. The molecule has 10 rings (SSSR count). The number of carbonyl (C=O) groups is 5. The van der Waals surface area contributed by atoms with Crippen LogP contribution in [0.2, 0.25) is 0 Å². The summed E-state index contributed by atoms with van der Waals surface area (Å²) in [6, 6.07) is 39.9. The van der Waals surface area contributed by atoms with E-state index < -0.39 is 36.0 Å². The number of nitrogens with zero attached hydrogens (tertiary/aromatic N) is 6. The molecule has 2 saturated carbocycles. The molecule has 0 amide bonds. The van der Waals surface area contributed by atoms with E-state index in [9.17, 15) is 29.1 Å². The minimum atomic E-state index is -1.22. The summed E-state index contributed by atoms with van der Waals surface area (Å²) in [4.78, 5) is 74.3. The van der Waals surface area contributed by atoms with E-state index in [4.69, 9.17) is 58.1 Å². The average Bonchev–Trinajstić information content (AvgIpc) is 1.66. The van der Waals surface area contributed by atoms with Gasteiger partial charge in [-0.05, 0) is 236 Å². The summed E-state index contributed by atoms with van der Waals surface area (Å²) in [7, 11) is 0. The number of rotatable bonds is 44. The van der Waals surface area contributed by atoms with Crippen molar-refractivity contribution in [3.63, 3.8) is 0 Å². The number of anilines is 2. The van der Waals surface area contributed by atoms with Crippen molar-refractivity contribution in [2.75, 3.05) is 49.5 Å². The summed E-state index contributed by atoms with van der Waals surface area (Å²) >= 11 is 3.15. The van der Waals surface area contributed by atoms with Gasteiger partial charge in [-0.25, -0.2) is 29.6 Å². The molecule has 578 valence electrons. The number of carbonyl (C=O) groups excluding carboxylic acids is 5. The fourth-order valence-corrected chi connectivity index (χ4v) is 15.2. The molecule has 2 heterocycles. The molecule has 2 aromatic heterocycles. The lowest BCUT2D eigenvalue weighted by Crippen LogP contribution is -2.33. The molecule has 22 heteroatoms. The van der Waals surface area contributed by atoms with Crippen LogP contribution >= 0.6 is 22.7 Å². The van der Waals surface area contributed by atoms with Crippen LogP contribution in [0, 0.1) is 30.6 Å². The molecule has 2 aliphatic carbocycles. The molecule has 0 bridgehead atoms. The van der Waals surface area contributed by atoms with Gasteiger partial charge in [-0.1, -0.05) is 119 Å². The third kappa shape index (κ3) is 25.4. The zero-order chi connectivity index (χ0) is 76.5. The number of benzene rings is 6. The van der Waals surface area contributed by atoms with Gasteiger partial charge in [0.15, 0.2) is 6.29 Å². The van der Waals surface area contributed by atoms with Crippen molar-refractivity contribution >= 4 is 95.6 Å². The van der Waals surface area contributed by atoms with Crippen LogP contribution in [0.5, 0.6) is 34.5 Å². The first-order chi connectivity index (χ1) is 53.2. The Bertz CT molecular complexity index is 4250. The largest absolute Gasteiger partial charge is 0.494 e. The predicted molar refractivity (Wildman–Crippen MR) is 432 cm³/mol. The fourth-order valence-electron chi connectivity index (χ4n) is 13.3. The Kier molecular flexibility index (Phi) is 32.6. The van der Waals surface area contributed by atoms with E-state index in [-0.39, 0.29) is 23.8 Å². The number of hydrogen-bond acceptors (Lipinski definition) is 22. The Hall–Kier alpha value is -9.77. The zero-order valence-electron chi connectivity index (χ0n) is 63.2. The van der Waals surface area contributed by atoms with Crippen LogP contribution in [0.1, 0.15) is 185 Å². The first-order valence-corrected chi connectivity index (χ1v) is 40.5. The Balaban J connectivity index is 0.854. The second kappa shape index (κ2) is 43.4. The van der Waals surface area contributed by atoms with Gasteiger partial charge in [0.25, 0.3) is 0 Å². The standard InChI is InChI=1S/C87H104N6O14S2/c1-6-10-12-22-50-92(86-90-74-28-18-20-30-77(74)108-86)88-59-68-57-66(40-49-76(68)106-84(98)64-36-32-62(33-37-64)82(96)104-72-45-41-70(42-46-72)100-52-24-14-16-26-54-102-79(94)8-3)67-56-61(5)81(69(58-67)60-89-93(51-23-13-11-7-2)87-91-75-29-19-21-31-78(75)109-87)107-85(99)65-38-34-63(35-39-65)83(97)105-73-47-43-71(44-48-73)101-53-25-15-17-27-55-103-80(95)9-4/h8-9,18-21,28-31,40-49,56-60,62-65,85,99H,3-4,6-7,10-17,22-27,32-39,50-55H2,1-2,5H3/b88-59+,89-60+. The van der Waals surface area contributed by atoms with Crippen molar-refractivity contribution in [1.82, 2.24) is 9.97 Å². The summed E-state index contributed by atoms with van der Waals surface area (Å²) in [6.07, 6.45) is 23.6. The van der Waals surface area contributed by atoms with Gasteiger partial charge >= 0.3 is 29.8 Å². The first kappa shape index (κ1) is 81.7. The molecule has 8 aromatic rings. The number of aryl methyl sites for hydroxylation is 1. The van der Waals surface area contributed by atoms with Gasteiger partial charge in [-0.15, -0.1) is 0 Å². The molecule has 2 fully saturated rings. The maximum atomic E-state index is 14.5. The molecular weight excluding hydrogens is 1420 g/mol. The smallest absolute Gasteiger partial charge is 0.330 e. The Morgan fingerprint density at radius 1 is 0.495 bits per heavy atom. The Morgan fingerprint density at radius 3 is 1.39 bits per heavy atom. The van der Waals surface area contributed by atoms with Crippen LogP contribution in [0.25, 0.3) is 31.6 Å². The lowest BCUT2D eigenvalue weighted by atomic mass is 9.81.